The van der Waals surface area contributed by atoms with Gasteiger partial charge < -0.3 is 4.74 Å². The van der Waals surface area contributed by atoms with Crippen LogP contribution in [0.3, 0.4) is 0 Å². The van der Waals surface area contributed by atoms with E-state index in [9.17, 15) is 4.79 Å². The molecule has 2 heterocycles. The highest BCUT2D eigenvalue weighted by atomic mass is 16.5. The van der Waals surface area contributed by atoms with Gasteiger partial charge in [0.2, 0.25) is 0 Å². The van der Waals surface area contributed by atoms with Gasteiger partial charge in [-0.05, 0) is 39.8 Å². The fourth-order valence-corrected chi connectivity index (χ4v) is 2.80. The normalized spacial score (nSPS) is 11.2. The first-order valence-corrected chi connectivity index (χ1v) is 8.98. The van der Waals surface area contributed by atoms with Crippen LogP contribution in [0.2, 0.25) is 0 Å². The number of hydrogen-bond acceptors (Lipinski definition) is 6. The van der Waals surface area contributed by atoms with Crippen molar-refractivity contribution in [3.05, 3.63) is 47.5 Å². The molecule has 0 bridgehead atoms. The van der Waals surface area contributed by atoms with Crippen LogP contribution in [-0.2, 0) is 17.6 Å². The molecule has 136 valence electrons. The van der Waals surface area contributed by atoms with E-state index in [1.807, 2.05) is 6.07 Å². The number of benzene rings is 1. The summed E-state index contributed by atoms with van der Waals surface area (Å²) in [6, 6.07) is 7.93. The Labute approximate surface area is 152 Å². The van der Waals surface area contributed by atoms with Gasteiger partial charge in [-0.25, -0.2) is 14.9 Å². The molecule has 0 aliphatic heterocycles. The van der Waals surface area contributed by atoms with Gasteiger partial charge in [0, 0.05) is 18.0 Å². The van der Waals surface area contributed by atoms with Gasteiger partial charge in [0.15, 0.2) is 0 Å². The van der Waals surface area contributed by atoms with Crippen molar-refractivity contribution in [2.75, 3.05) is 6.61 Å². The Morgan fingerprint density at radius 3 is 2.73 bits per heavy atom. The van der Waals surface area contributed by atoms with E-state index in [4.69, 9.17) is 4.74 Å². The van der Waals surface area contributed by atoms with Gasteiger partial charge in [-0.15, -0.1) is 5.10 Å². The maximum absolute atomic E-state index is 12.3. The summed E-state index contributed by atoms with van der Waals surface area (Å²) in [7, 11) is 0. The third-order valence-electron chi connectivity index (χ3n) is 4.64. The number of H-pyrrole nitrogens is 1. The maximum atomic E-state index is 12.3. The van der Waals surface area contributed by atoms with E-state index < -0.39 is 0 Å². The number of esters is 1. The Hall–Kier alpha value is -2.83. The Morgan fingerprint density at radius 1 is 1.15 bits per heavy atom. The molecule has 3 rings (SSSR count). The molecule has 3 aromatic rings. The highest BCUT2D eigenvalue weighted by molar-refractivity contribution is 5.93. The summed E-state index contributed by atoms with van der Waals surface area (Å²) in [5.41, 5.74) is 1.50. The van der Waals surface area contributed by atoms with Crippen molar-refractivity contribution in [1.29, 1.82) is 0 Å². The molecule has 0 spiro atoms. The number of ether oxygens (including phenoxy) is 1. The number of nitrogens with zero attached hydrogens (tertiary/aromatic N) is 4. The number of hydrogen-bond donors (Lipinski definition) is 1. The number of aryl methyl sites for hydroxylation is 2. The lowest BCUT2D eigenvalue weighted by Crippen LogP contribution is -2.14. The van der Waals surface area contributed by atoms with E-state index in [1.165, 1.54) is 0 Å². The average molecular weight is 353 g/mol. The van der Waals surface area contributed by atoms with Crippen LogP contribution >= 0.6 is 0 Å². The molecule has 1 N–H and O–H groups in total. The quantitative estimate of drug-likeness (QED) is 0.625. The minimum Gasteiger partial charge on any atom is -0.461 e. The number of nitrogens with one attached hydrogen (secondary N) is 1. The lowest BCUT2D eigenvalue weighted by atomic mass is 10.0. The molecule has 7 heteroatoms. The molecule has 7 nitrogen and oxygen atoms in total. The first-order valence-electron chi connectivity index (χ1n) is 8.98. The van der Waals surface area contributed by atoms with E-state index in [0.717, 1.165) is 47.8 Å². The van der Waals surface area contributed by atoms with Crippen LogP contribution in [0, 0.1) is 5.92 Å². The Balaban J connectivity index is 1.70. The summed E-state index contributed by atoms with van der Waals surface area (Å²) < 4.78 is 5.42. The summed E-state index contributed by atoms with van der Waals surface area (Å²) in [4.78, 5) is 16.5. The summed E-state index contributed by atoms with van der Waals surface area (Å²) in [5.74, 6) is 0.791. The van der Waals surface area contributed by atoms with Crippen molar-refractivity contribution in [2.45, 2.75) is 39.5 Å². The van der Waals surface area contributed by atoms with Crippen LogP contribution in [-0.4, -0.2) is 38.2 Å². The van der Waals surface area contributed by atoms with Crippen molar-refractivity contribution in [3.8, 4) is 0 Å². The smallest absolute Gasteiger partial charge is 0.356 e. The van der Waals surface area contributed by atoms with Crippen molar-refractivity contribution in [1.82, 2.24) is 25.6 Å². The standard InChI is InChI=1S/C19H23N5O2/c1-3-13(4-2)12-26-19(25)17-10-16-9-14(5-7-15(16)11-20-17)6-8-18-21-23-24-22-18/h5,7,9-11,13H,3-4,6,8,12H2,1-2H3,(H,21,22,23,24). The Bertz CT molecular complexity index is 860. The van der Waals surface area contributed by atoms with Crippen LogP contribution in [0.5, 0.6) is 0 Å². The third-order valence-corrected chi connectivity index (χ3v) is 4.64. The number of rotatable bonds is 8. The van der Waals surface area contributed by atoms with Gasteiger partial charge >= 0.3 is 5.97 Å². The predicted octanol–water partition coefficient (Wildman–Crippen LogP) is 3.13. The number of pyridine rings is 1. The molecule has 0 amide bonds. The Kier molecular flexibility index (Phi) is 5.88. The molecule has 0 fully saturated rings. The van der Waals surface area contributed by atoms with Crippen LogP contribution < -0.4 is 0 Å². The van der Waals surface area contributed by atoms with Gasteiger partial charge in [-0.3, -0.25) is 0 Å². The van der Waals surface area contributed by atoms with E-state index in [0.29, 0.717) is 18.2 Å². The summed E-state index contributed by atoms with van der Waals surface area (Å²) in [6.07, 6.45) is 5.25. The monoisotopic (exact) mass is 353 g/mol. The lowest BCUT2D eigenvalue weighted by molar-refractivity contribution is 0.0426. The third kappa shape index (κ3) is 4.41. The zero-order valence-electron chi connectivity index (χ0n) is 15.1. The van der Waals surface area contributed by atoms with E-state index in [2.05, 4.69) is 51.6 Å². The molecular formula is C19H23N5O2. The molecule has 0 saturated carbocycles. The highest BCUT2D eigenvalue weighted by Crippen LogP contribution is 2.18. The first-order chi connectivity index (χ1) is 12.7. The topological polar surface area (TPSA) is 93.6 Å². The van der Waals surface area contributed by atoms with Crippen LogP contribution in [0.1, 0.15) is 48.6 Å². The molecule has 2 aromatic heterocycles. The molecule has 0 saturated heterocycles. The summed E-state index contributed by atoms with van der Waals surface area (Å²) in [5, 5.41) is 15.8. The summed E-state index contributed by atoms with van der Waals surface area (Å²) >= 11 is 0. The number of carbonyl (C=O) groups excluding carboxylic acids is 1. The zero-order chi connectivity index (χ0) is 18.4. The molecule has 0 aliphatic rings. The number of aromatic amines is 1. The van der Waals surface area contributed by atoms with Crippen molar-refractivity contribution in [3.63, 3.8) is 0 Å². The molecule has 0 atom stereocenters. The van der Waals surface area contributed by atoms with Crippen molar-refractivity contribution >= 4 is 16.7 Å². The van der Waals surface area contributed by atoms with Gasteiger partial charge in [-0.1, -0.05) is 44.9 Å². The van der Waals surface area contributed by atoms with Gasteiger partial charge in [-0.2, -0.15) is 0 Å². The molecule has 0 radical (unpaired) electrons. The minimum absolute atomic E-state index is 0.347. The molecular weight excluding hydrogens is 330 g/mol. The first kappa shape index (κ1) is 18.0. The fraction of sp³-hybridized carbons (Fsp3) is 0.421. The average Bonchev–Trinajstić information content (AvgIpc) is 3.20. The number of aromatic nitrogens is 5. The molecule has 26 heavy (non-hydrogen) atoms. The zero-order valence-corrected chi connectivity index (χ0v) is 15.1. The highest BCUT2D eigenvalue weighted by Gasteiger charge is 2.13. The second-order valence-electron chi connectivity index (χ2n) is 6.38. The van der Waals surface area contributed by atoms with Crippen LogP contribution in [0.4, 0.5) is 0 Å². The van der Waals surface area contributed by atoms with E-state index in [1.54, 1.807) is 12.3 Å². The molecule has 0 aliphatic carbocycles. The maximum Gasteiger partial charge on any atom is 0.356 e. The van der Waals surface area contributed by atoms with E-state index >= 15 is 0 Å². The second kappa shape index (κ2) is 8.51. The number of fused-ring (bicyclic) bond motifs is 1. The SMILES string of the molecule is CCC(CC)COC(=O)c1cc2cc(CCc3nnn[nH]3)ccc2cn1. The number of carbonyl (C=O) groups is 1. The Morgan fingerprint density at radius 2 is 2.00 bits per heavy atom. The molecule has 0 unspecified atom stereocenters. The molecule has 1 aromatic carbocycles. The number of tetrazole rings is 1. The van der Waals surface area contributed by atoms with Crippen molar-refractivity contribution < 1.29 is 9.53 Å². The largest absolute Gasteiger partial charge is 0.461 e. The van der Waals surface area contributed by atoms with Crippen LogP contribution in [0.25, 0.3) is 10.8 Å². The second-order valence-corrected chi connectivity index (χ2v) is 6.38. The lowest BCUT2D eigenvalue weighted by Gasteiger charge is -2.12. The predicted molar refractivity (Wildman–Crippen MR) is 97.7 cm³/mol. The van der Waals surface area contributed by atoms with Gasteiger partial charge in [0.05, 0.1) is 6.61 Å². The fourth-order valence-electron chi connectivity index (χ4n) is 2.80. The van der Waals surface area contributed by atoms with Gasteiger partial charge in [0.25, 0.3) is 0 Å². The van der Waals surface area contributed by atoms with E-state index in [-0.39, 0.29) is 5.97 Å². The van der Waals surface area contributed by atoms with Crippen molar-refractivity contribution in [2.24, 2.45) is 5.92 Å². The van der Waals surface area contributed by atoms with Gasteiger partial charge in [0.1, 0.15) is 11.5 Å². The minimum atomic E-state index is -0.364. The summed E-state index contributed by atoms with van der Waals surface area (Å²) in [6.45, 7) is 4.65. The van der Waals surface area contributed by atoms with Crippen LogP contribution in [0.15, 0.2) is 30.5 Å².